The van der Waals surface area contributed by atoms with Crippen molar-refractivity contribution in [2.45, 2.75) is 54.6 Å². The summed E-state index contributed by atoms with van der Waals surface area (Å²) in [6.07, 6.45) is 2.56. The van der Waals surface area contributed by atoms with Gasteiger partial charge in [-0.2, -0.15) is 0 Å². The molecule has 0 bridgehead atoms. The third-order valence-corrected chi connectivity index (χ3v) is 8.01. The number of nitrogens with zero attached hydrogens (tertiary/aromatic N) is 1. The van der Waals surface area contributed by atoms with Gasteiger partial charge in [-0.3, -0.25) is 4.90 Å². The van der Waals surface area contributed by atoms with Gasteiger partial charge in [-0.05, 0) is 66.8 Å². The molecule has 0 aromatic heterocycles. The molecule has 2 atom stereocenters. The Balaban J connectivity index is 0.000000230. The van der Waals surface area contributed by atoms with Crippen molar-refractivity contribution in [3.63, 3.8) is 0 Å². The fourth-order valence-corrected chi connectivity index (χ4v) is 5.63. The fraction of sp³-hybridized carbons (Fsp3) is 0.455. The molecule has 2 unspecified atom stereocenters. The molecule has 0 spiro atoms. The van der Waals surface area contributed by atoms with Crippen molar-refractivity contribution >= 4 is 9.84 Å². The summed E-state index contributed by atoms with van der Waals surface area (Å²) < 4.78 is 54.1. The predicted molar refractivity (Wildman–Crippen MR) is 109 cm³/mol. The van der Waals surface area contributed by atoms with E-state index in [9.17, 15) is 17.2 Å². The summed E-state index contributed by atoms with van der Waals surface area (Å²) in [5.41, 5.74) is 8.36. The van der Waals surface area contributed by atoms with Crippen molar-refractivity contribution in [2.75, 3.05) is 13.2 Å². The lowest BCUT2D eigenvalue weighted by Crippen LogP contribution is -2.46. The molecule has 5 rings (SSSR count). The van der Waals surface area contributed by atoms with Crippen molar-refractivity contribution in [3.05, 3.63) is 65.2 Å². The number of sulfone groups is 1. The first-order valence-corrected chi connectivity index (χ1v) is 11.7. The quantitative estimate of drug-likeness (QED) is 0.801. The molecule has 5 nitrogen and oxygen atoms in total. The second-order valence-corrected chi connectivity index (χ2v) is 10.4. The normalized spacial score (nSPS) is 24.1. The highest BCUT2D eigenvalue weighted by Gasteiger charge is 2.38. The van der Waals surface area contributed by atoms with Crippen LogP contribution in [0.1, 0.15) is 30.4 Å². The summed E-state index contributed by atoms with van der Waals surface area (Å²) in [7, 11) is -3.10. The maximum Gasteiger partial charge on any atom is 0.181 e. The van der Waals surface area contributed by atoms with Gasteiger partial charge in [0.25, 0.3) is 0 Å². The highest BCUT2D eigenvalue weighted by Crippen LogP contribution is 2.36. The van der Waals surface area contributed by atoms with Crippen LogP contribution in [0.5, 0.6) is 0 Å². The number of benzene rings is 2. The zero-order valence-electron chi connectivity index (χ0n) is 16.6. The van der Waals surface area contributed by atoms with Crippen LogP contribution >= 0.6 is 0 Å². The van der Waals surface area contributed by atoms with E-state index in [-0.39, 0.29) is 11.3 Å². The average Bonchev–Trinajstić information content (AvgIpc) is 3.50. The van der Waals surface area contributed by atoms with Gasteiger partial charge in [0.15, 0.2) is 9.84 Å². The number of ether oxygens (including phenoxy) is 1. The maximum absolute atomic E-state index is 12.4. The summed E-state index contributed by atoms with van der Waals surface area (Å²) in [5, 5.41) is -0.146. The standard InChI is InChI=1S/C16H22N2O3S.C6H4F2/c17-13-6-14(10-21-9-13)18-7-11-1-2-16(5-12(11)8-18)22(19,20)15-3-4-15;7-5-1-2-6(8)4-3-5/h1-2,5,13-15H,3-4,6-10,17H2;1-4H. The zero-order chi connectivity index (χ0) is 21.3. The number of fused-ring (bicyclic) bond motifs is 1. The lowest BCUT2D eigenvalue weighted by molar-refractivity contribution is 0.00549. The van der Waals surface area contributed by atoms with Crippen LogP contribution in [0.4, 0.5) is 8.78 Å². The van der Waals surface area contributed by atoms with Gasteiger partial charge in [-0.25, -0.2) is 17.2 Å². The van der Waals surface area contributed by atoms with Gasteiger partial charge in [-0.1, -0.05) is 6.07 Å². The van der Waals surface area contributed by atoms with Crippen molar-refractivity contribution in [2.24, 2.45) is 5.73 Å². The van der Waals surface area contributed by atoms with Crippen LogP contribution in [0.15, 0.2) is 47.4 Å². The lowest BCUT2D eigenvalue weighted by atomic mass is 10.1. The molecule has 2 heterocycles. The molecule has 2 N–H and O–H groups in total. The van der Waals surface area contributed by atoms with Crippen molar-refractivity contribution in [3.8, 4) is 0 Å². The van der Waals surface area contributed by atoms with Gasteiger partial charge in [0, 0.05) is 25.2 Å². The minimum absolute atomic E-state index is 0.105. The summed E-state index contributed by atoms with van der Waals surface area (Å²) >= 11 is 0. The van der Waals surface area contributed by atoms with E-state index in [0.29, 0.717) is 17.5 Å². The largest absolute Gasteiger partial charge is 0.378 e. The van der Waals surface area contributed by atoms with E-state index in [2.05, 4.69) is 4.90 Å². The molecule has 0 radical (unpaired) electrons. The van der Waals surface area contributed by atoms with Crippen LogP contribution in [-0.4, -0.2) is 43.9 Å². The van der Waals surface area contributed by atoms with Gasteiger partial charge < -0.3 is 10.5 Å². The molecule has 0 amide bonds. The molecule has 3 aliphatic rings. The van der Waals surface area contributed by atoms with Crippen LogP contribution in [0.25, 0.3) is 0 Å². The van der Waals surface area contributed by atoms with E-state index in [1.165, 1.54) is 5.56 Å². The number of rotatable bonds is 3. The molecule has 8 heteroatoms. The van der Waals surface area contributed by atoms with Crippen molar-refractivity contribution < 1.29 is 21.9 Å². The van der Waals surface area contributed by atoms with E-state index in [0.717, 1.165) is 68.8 Å². The first-order valence-electron chi connectivity index (χ1n) is 10.2. The molecule has 2 aromatic carbocycles. The molecule has 30 heavy (non-hydrogen) atoms. The van der Waals surface area contributed by atoms with Crippen LogP contribution in [0, 0.1) is 11.6 Å². The number of hydrogen-bond acceptors (Lipinski definition) is 5. The molecule has 162 valence electrons. The second kappa shape index (κ2) is 8.70. The lowest BCUT2D eigenvalue weighted by Gasteiger charge is -2.33. The molecular weight excluding hydrogens is 410 g/mol. The van der Waals surface area contributed by atoms with E-state index >= 15 is 0 Å². The van der Waals surface area contributed by atoms with Gasteiger partial charge in [0.1, 0.15) is 11.6 Å². The van der Waals surface area contributed by atoms with E-state index in [1.54, 1.807) is 6.07 Å². The Labute approximate surface area is 175 Å². The highest BCUT2D eigenvalue weighted by atomic mass is 32.2. The summed E-state index contributed by atoms with van der Waals surface area (Å²) in [6, 6.07) is 10.4. The predicted octanol–water partition coefficient (Wildman–Crippen LogP) is 3.02. The van der Waals surface area contributed by atoms with E-state index in [1.807, 2.05) is 12.1 Å². The molecule has 1 aliphatic carbocycles. The Kier molecular flexibility index (Phi) is 6.20. The summed E-state index contributed by atoms with van der Waals surface area (Å²) in [4.78, 5) is 2.85. The van der Waals surface area contributed by atoms with Gasteiger partial charge in [-0.15, -0.1) is 0 Å². The Morgan fingerprint density at radius 1 is 0.933 bits per heavy atom. The van der Waals surface area contributed by atoms with Crippen molar-refractivity contribution in [1.29, 1.82) is 0 Å². The topological polar surface area (TPSA) is 72.6 Å². The highest BCUT2D eigenvalue weighted by molar-refractivity contribution is 7.92. The summed E-state index contributed by atoms with van der Waals surface area (Å²) in [6.45, 7) is 3.01. The minimum atomic E-state index is -3.10. The molecule has 2 fully saturated rings. The zero-order valence-corrected chi connectivity index (χ0v) is 17.5. The van der Waals surface area contributed by atoms with Gasteiger partial charge >= 0.3 is 0 Å². The SMILES string of the molecule is Fc1ccc(F)cc1.NC1COCC(N2Cc3ccc(S(=O)(=O)C4CC4)cc3C2)C1. The first-order chi connectivity index (χ1) is 14.3. The van der Waals surface area contributed by atoms with Gasteiger partial charge in [0.2, 0.25) is 0 Å². The Morgan fingerprint density at radius 3 is 2.17 bits per heavy atom. The molecule has 2 aliphatic heterocycles. The minimum Gasteiger partial charge on any atom is -0.378 e. The maximum atomic E-state index is 12.4. The fourth-order valence-electron chi connectivity index (χ4n) is 3.93. The summed E-state index contributed by atoms with van der Waals surface area (Å²) in [5.74, 6) is -0.821. The Hall–Kier alpha value is -1.87. The number of hydrogen-bond donors (Lipinski definition) is 1. The monoisotopic (exact) mass is 436 g/mol. The Bertz CT molecular complexity index is 973. The van der Waals surface area contributed by atoms with Crippen molar-refractivity contribution in [1.82, 2.24) is 4.90 Å². The van der Waals surface area contributed by atoms with Gasteiger partial charge in [0.05, 0.1) is 23.4 Å². The van der Waals surface area contributed by atoms with Crippen LogP contribution in [0.2, 0.25) is 0 Å². The Morgan fingerprint density at radius 2 is 1.57 bits per heavy atom. The smallest absolute Gasteiger partial charge is 0.181 e. The third kappa shape index (κ3) is 4.88. The van der Waals surface area contributed by atoms with E-state index < -0.39 is 21.5 Å². The van der Waals surface area contributed by atoms with Crippen LogP contribution in [0.3, 0.4) is 0 Å². The van der Waals surface area contributed by atoms with Crippen LogP contribution in [-0.2, 0) is 27.7 Å². The first kappa shape index (κ1) is 21.4. The van der Waals surface area contributed by atoms with Crippen LogP contribution < -0.4 is 5.73 Å². The van der Waals surface area contributed by atoms with E-state index in [4.69, 9.17) is 10.5 Å². The average molecular weight is 437 g/mol. The number of nitrogens with two attached hydrogens (primary N) is 1. The number of halogens is 2. The molecule has 1 saturated heterocycles. The second-order valence-electron chi connectivity index (χ2n) is 8.20. The molecular formula is C22H26F2N2O3S. The third-order valence-electron chi connectivity index (χ3n) is 5.75. The molecule has 2 aromatic rings. The molecule has 1 saturated carbocycles.